The number of benzene rings is 1. The number of nitrogens with one attached hydrogen (secondary N) is 1. The molecule has 116 valence electrons. The van der Waals surface area contributed by atoms with Crippen molar-refractivity contribution in [1.82, 2.24) is 9.97 Å². The first-order valence-electron chi connectivity index (χ1n) is 7.55. The van der Waals surface area contributed by atoms with Crippen molar-refractivity contribution in [2.75, 3.05) is 12.4 Å². The van der Waals surface area contributed by atoms with E-state index in [1.54, 1.807) is 7.11 Å². The Labute approximate surface area is 135 Å². The lowest BCUT2D eigenvalue weighted by Gasteiger charge is -2.24. The first-order valence-corrected chi connectivity index (χ1v) is 7.93. The molecular weight excluding hydrogens is 298 g/mol. The Morgan fingerprint density at radius 2 is 1.95 bits per heavy atom. The molecule has 1 N–H and O–H groups in total. The van der Waals surface area contributed by atoms with Crippen molar-refractivity contribution in [3.8, 4) is 0 Å². The third kappa shape index (κ3) is 3.57. The van der Waals surface area contributed by atoms with E-state index in [-0.39, 0.29) is 12.1 Å². The van der Waals surface area contributed by atoms with Gasteiger partial charge in [-0.3, -0.25) is 0 Å². The predicted molar refractivity (Wildman–Crippen MR) is 88.3 cm³/mol. The highest BCUT2D eigenvalue weighted by atomic mass is 35.5. The van der Waals surface area contributed by atoms with E-state index in [4.69, 9.17) is 16.3 Å². The molecule has 0 spiro atoms. The largest absolute Gasteiger partial charge is 0.375 e. The van der Waals surface area contributed by atoms with Crippen molar-refractivity contribution >= 4 is 17.4 Å². The van der Waals surface area contributed by atoms with Crippen LogP contribution in [-0.2, 0) is 4.74 Å². The van der Waals surface area contributed by atoms with Crippen LogP contribution in [0.25, 0.3) is 0 Å². The Hall–Kier alpha value is -1.65. The molecule has 1 fully saturated rings. The molecule has 1 aromatic heterocycles. The molecule has 5 heteroatoms. The Balaban J connectivity index is 1.72. The standard InChI is InChI=1S/C17H20ClN3O/c1-11(16(22-2)12-5-7-14(18)8-6-12)20-15-9-10-19-17(21-15)13-3-4-13/h5-11,13,16H,3-4H2,1-2H3,(H,19,20,21). The maximum atomic E-state index is 5.95. The number of aromatic nitrogens is 2. The highest BCUT2D eigenvalue weighted by Gasteiger charge is 2.27. The van der Waals surface area contributed by atoms with Crippen LogP contribution in [0.3, 0.4) is 0 Å². The van der Waals surface area contributed by atoms with Crippen LogP contribution in [0.15, 0.2) is 36.5 Å². The number of methoxy groups -OCH3 is 1. The lowest BCUT2D eigenvalue weighted by molar-refractivity contribution is 0.0907. The van der Waals surface area contributed by atoms with E-state index in [1.807, 2.05) is 36.5 Å². The highest BCUT2D eigenvalue weighted by molar-refractivity contribution is 6.30. The second-order valence-corrected chi connectivity index (χ2v) is 6.15. The first kappa shape index (κ1) is 15.3. The molecule has 0 bridgehead atoms. The summed E-state index contributed by atoms with van der Waals surface area (Å²) >= 11 is 5.95. The predicted octanol–water partition coefficient (Wildman–Crippen LogP) is 4.20. The van der Waals surface area contributed by atoms with Crippen molar-refractivity contribution < 1.29 is 4.74 Å². The second-order valence-electron chi connectivity index (χ2n) is 5.72. The van der Waals surface area contributed by atoms with Gasteiger partial charge in [-0.15, -0.1) is 0 Å². The summed E-state index contributed by atoms with van der Waals surface area (Å²) in [6, 6.07) is 9.72. The molecule has 0 saturated heterocycles. The van der Waals surface area contributed by atoms with Crippen molar-refractivity contribution in [2.45, 2.75) is 37.8 Å². The summed E-state index contributed by atoms with van der Waals surface area (Å²) in [6.45, 7) is 2.08. The number of hydrogen-bond donors (Lipinski definition) is 1. The molecule has 1 aromatic carbocycles. The van der Waals surface area contributed by atoms with Gasteiger partial charge in [0, 0.05) is 24.2 Å². The van der Waals surface area contributed by atoms with Gasteiger partial charge in [0.2, 0.25) is 0 Å². The Morgan fingerprint density at radius 1 is 1.23 bits per heavy atom. The Morgan fingerprint density at radius 3 is 2.59 bits per heavy atom. The Bertz CT molecular complexity index is 628. The summed E-state index contributed by atoms with van der Waals surface area (Å²) in [6.07, 6.45) is 4.14. The molecule has 22 heavy (non-hydrogen) atoms. The molecule has 0 aliphatic heterocycles. The zero-order chi connectivity index (χ0) is 15.5. The van der Waals surface area contributed by atoms with Gasteiger partial charge < -0.3 is 10.1 Å². The summed E-state index contributed by atoms with van der Waals surface area (Å²) in [4.78, 5) is 8.94. The maximum Gasteiger partial charge on any atom is 0.133 e. The van der Waals surface area contributed by atoms with Crippen LogP contribution < -0.4 is 5.32 Å². The van der Waals surface area contributed by atoms with Gasteiger partial charge in [-0.05, 0) is 43.5 Å². The van der Waals surface area contributed by atoms with Crippen molar-refractivity contribution in [2.24, 2.45) is 0 Å². The average molecular weight is 318 g/mol. The molecule has 2 aromatic rings. The minimum Gasteiger partial charge on any atom is -0.375 e. The Kier molecular flexibility index (Phi) is 4.60. The third-order valence-electron chi connectivity index (χ3n) is 3.90. The van der Waals surface area contributed by atoms with Crippen LogP contribution in [0.4, 0.5) is 5.82 Å². The van der Waals surface area contributed by atoms with Gasteiger partial charge in [0.1, 0.15) is 17.7 Å². The lowest BCUT2D eigenvalue weighted by Crippen LogP contribution is -2.26. The third-order valence-corrected chi connectivity index (χ3v) is 4.15. The SMILES string of the molecule is COC(c1ccc(Cl)cc1)C(C)Nc1ccnc(C2CC2)n1. The zero-order valence-corrected chi connectivity index (χ0v) is 13.5. The minimum atomic E-state index is -0.0726. The van der Waals surface area contributed by atoms with E-state index in [1.165, 1.54) is 12.8 Å². The summed E-state index contributed by atoms with van der Waals surface area (Å²) < 4.78 is 5.65. The van der Waals surface area contributed by atoms with E-state index < -0.39 is 0 Å². The van der Waals surface area contributed by atoms with E-state index in [0.29, 0.717) is 5.92 Å². The second kappa shape index (κ2) is 6.63. The molecule has 2 atom stereocenters. The van der Waals surface area contributed by atoms with E-state index in [0.717, 1.165) is 22.2 Å². The summed E-state index contributed by atoms with van der Waals surface area (Å²) in [5, 5.41) is 4.15. The molecule has 1 aliphatic carbocycles. The molecular formula is C17H20ClN3O. The van der Waals surface area contributed by atoms with Crippen LogP contribution in [0.5, 0.6) is 0 Å². The summed E-state index contributed by atoms with van der Waals surface area (Å²) in [7, 11) is 1.72. The average Bonchev–Trinajstić information content (AvgIpc) is 3.35. The minimum absolute atomic E-state index is 0.0726. The van der Waals surface area contributed by atoms with Crippen molar-refractivity contribution in [3.63, 3.8) is 0 Å². The van der Waals surface area contributed by atoms with Gasteiger partial charge in [-0.2, -0.15) is 0 Å². The number of ether oxygens (including phenoxy) is 1. The summed E-state index contributed by atoms with van der Waals surface area (Å²) in [5.74, 6) is 2.34. The lowest BCUT2D eigenvalue weighted by atomic mass is 10.0. The van der Waals surface area contributed by atoms with Crippen molar-refractivity contribution in [1.29, 1.82) is 0 Å². The monoisotopic (exact) mass is 317 g/mol. The molecule has 3 rings (SSSR count). The van der Waals surface area contributed by atoms with Crippen LogP contribution in [0.1, 0.15) is 43.2 Å². The van der Waals surface area contributed by atoms with Gasteiger partial charge >= 0.3 is 0 Å². The van der Waals surface area contributed by atoms with E-state index >= 15 is 0 Å². The van der Waals surface area contributed by atoms with Gasteiger partial charge in [-0.1, -0.05) is 23.7 Å². The van der Waals surface area contributed by atoms with E-state index in [2.05, 4.69) is 22.2 Å². The molecule has 0 radical (unpaired) electrons. The molecule has 1 heterocycles. The molecule has 0 amide bonds. The fourth-order valence-corrected chi connectivity index (χ4v) is 2.71. The number of rotatable bonds is 6. The molecule has 1 aliphatic rings. The number of nitrogens with zero attached hydrogens (tertiary/aromatic N) is 2. The van der Waals surface area contributed by atoms with Crippen LogP contribution in [-0.4, -0.2) is 23.1 Å². The molecule has 4 nitrogen and oxygen atoms in total. The van der Waals surface area contributed by atoms with E-state index in [9.17, 15) is 0 Å². The summed E-state index contributed by atoms with van der Waals surface area (Å²) in [5.41, 5.74) is 1.09. The van der Waals surface area contributed by atoms with Crippen LogP contribution in [0, 0.1) is 0 Å². The number of halogens is 1. The number of anilines is 1. The highest BCUT2D eigenvalue weighted by Crippen LogP contribution is 2.38. The zero-order valence-electron chi connectivity index (χ0n) is 12.8. The first-order chi connectivity index (χ1) is 10.7. The normalized spacial score (nSPS) is 17.0. The van der Waals surface area contributed by atoms with Crippen LogP contribution in [0.2, 0.25) is 5.02 Å². The molecule has 2 unspecified atom stereocenters. The quantitative estimate of drug-likeness (QED) is 0.867. The fraction of sp³-hybridized carbons (Fsp3) is 0.412. The van der Waals surface area contributed by atoms with Gasteiger partial charge in [0.15, 0.2) is 0 Å². The van der Waals surface area contributed by atoms with Crippen LogP contribution >= 0.6 is 11.6 Å². The van der Waals surface area contributed by atoms with Gasteiger partial charge in [0.25, 0.3) is 0 Å². The van der Waals surface area contributed by atoms with Crippen molar-refractivity contribution in [3.05, 3.63) is 52.9 Å². The van der Waals surface area contributed by atoms with Gasteiger partial charge in [0.05, 0.1) is 6.04 Å². The molecule has 1 saturated carbocycles. The van der Waals surface area contributed by atoms with Gasteiger partial charge in [-0.25, -0.2) is 9.97 Å². The topological polar surface area (TPSA) is 47.0 Å². The number of hydrogen-bond acceptors (Lipinski definition) is 4. The smallest absolute Gasteiger partial charge is 0.133 e. The fourth-order valence-electron chi connectivity index (χ4n) is 2.58. The maximum absolute atomic E-state index is 5.95.